The summed E-state index contributed by atoms with van der Waals surface area (Å²) in [4.78, 5) is 19.3. The van der Waals surface area contributed by atoms with Gasteiger partial charge in [0.1, 0.15) is 0 Å². The fourth-order valence-electron chi connectivity index (χ4n) is 3.25. The van der Waals surface area contributed by atoms with Gasteiger partial charge in [-0.2, -0.15) is 0 Å². The van der Waals surface area contributed by atoms with Crippen molar-refractivity contribution in [1.82, 2.24) is 4.98 Å². The molecule has 1 amide bonds. The van der Waals surface area contributed by atoms with Gasteiger partial charge >= 0.3 is 0 Å². The first kappa shape index (κ1) is 17.1. The first-order valence-corrected chi connectivity index (χ1v) is 8.79. The third kappa shape index (κ3) is 3.62. The molecule has 4 rings (SSSR count). The van der Waals surface area contributed by atoms with E-state index in [1.165, 1.54) is 0 Å². The van der Waals surface area contributed by atoms with Crippen molar-refractivity contribution in [2.45, 2.75) is 20.4 Å². The predicted molar refractivity (Wildman–Crippen MR) is 103 cm³/mol. The first-order valence-electron chi connectivity index (χ1n) is 8.79. The summed E-state index contributed by atoms with van der Waals surface area (Å²) in [5, 5.41) is 0. The molecule has 0 spiro atoms. The average molecular weight is 360 g/mol. The molecule has 0 aliphatic carbocycles. The van der Waals surface area contributed by atoms with Crippen molar-refractivity contribution >= 4 is 11.6 Å². The molecule has 2 heterocycles. The van der Waals surface area contributed by atoms with Gasteiger partial charge in [-0.1, -0.05) is 12.1 Å². The normalized spacial score (nSPS) is 12.1. The fraction of sp³-hybridized carbons (Fsp3) is 0.182. The van der Waals surface area contributed by atoms with E-state index in [2.05, 4.69) is 11.1 Å². The van der Waals surface area contributed by atoms with Crippen molar-refractivity contribution in [3.05, 3.63) is 83.2 Å². The molecule has 0 bridgehead atoms. The van der Waals surface area contributed by atoms with Crippen LogP contribution in [0.25, 0.3) is 0 Å². The Morgan fingerprint density at radius 2 is 1.81 bits per heavy atom. The molecule has 1 aliphatic rings. The summed E-state index contributed by atoms with van der Waals surface area (Å²) >= 11 is 0. The van der Waals surface area contributed by atoms with Gasteiger partial charge in [0.25, 0.3) is 5.91 Å². The first-order chi connectivity index (χ1) is 13.1. The van der Waals surface area contributed by atoms with Crippen LogP contribution in [0.15, 0.2) is 60.9 Å². The Balaban J connectivity index is 1.73. The topological polar surface area (TPSA) is 51.7 Å². The molecule has 27 heavy (non-hydrogen) atoms. The highest BCUT2D eigenvalue weighted by Crippen LogP contribution is 2.33. The molecule has 1 aliphatic heterocycles. The van der Waals surface area contributed by atoms with Crippen LogP contribution in [0.2, 0.25) is 0 Å². The maximum Gasteiger partial charge on any atom is 0.258 e. The SMILES string of the molecule is Cc1cc(C)cc(N(Cc2cccnc2)C(=O)c2ccc3c(c2)OCO3)c1. The molecular formula is C22H20N2O3. The van der Waals surface area contributed by atoms with E-state index in [1.807, 2.05) is 38.1 Å². The van der Waals surface area contributed by atoms with Gasteiger partial charge in [-0.3, -0.25) is 9.78 Å². The largest absolute Gasteiger partial charge is 0.454 e. The standard InChI is InChI=1S/C22H20N2O3/c1-15-8-16(2)10-19(9-15)24(13-17-4-3-7-23-12-17)22(25)18-5-6-20-21(11-18)27-14-26-20/h3-12H,13-14H2,1-2H3. The number of carbonyl (C=O) groups excluding carboxylic acids is 1. The second kappa shape index (κ2) is 7.11. The second-order valence-corrected chi connectivity index (χ2v) is 6.67. The summed E-state index contributed by atoms with van der Waals surface area (Å²) in [5.74, 6) is 1.17. The molecule has 0 atom stereocenters. The highest BCUT2D eigenvalue weighted by molar-refractivity contribution is 6.06. The van der Waals surface area contributed by atoms with Crippen LogP contribution in [0.5, 0.6) is 11.5 Å². The lowest BCUT2D eigenvalue weighted by Crippen LogP contribution is -2.30. The highest BCUT2D eigenvalue weighted by Gasteiger charge is 2.22. The van der Waals surface area contributed by atoms with Gasteiger partial charge in [0.05, 0.1) is 6.54 Å². The zero-order chi connectivity index (χ0) is 18.8. The monoisotopic (exact) mass is 360 g/mol. The second-order valence-electron chi connectivity index (χ2n) is 6.67. The van der Waals surface area contributed by atoms with Crippen LogP contribution in [0.4, 0.5) is 5.69 Å². The zero-order valence-electron chi connectivity index (χ0n) is 15.3. The van der Waals surface area contributed by atoms with Gasteiger partial charge in [0, 0.05) is 23.6 Å². The van der Waals surface area contributed by atoms with Crippen LogP contribution in [-0.4, -0.2) is 17.7 Å². The molecule has 0 radical (unpaired) electrons. The van der Waals surface area contributed by atoms with E-state index in [-0.39, 0.29) is 12.7 Å². The minimum Gasteiger partial charge on any atom is -0.454 e. The van der Waals surface area contributed by atoms with Crippen molar-refractivity contribution < 1.29 is 14.3 Å². The number of rotatable bonds is 4. The summed E-state index contributed by atoms with van der Waals surface area (Å²) in [5.41, 5.74) is 4.60. The van der Waals surface area contributed by atoms with Gasteiger partial charge in [-0.05, 0) is 66.9 Å². The Labute approximate surface area is 158 Å². The smallest absolute Gasteiger partial charge is 0.258 e. The van der Waals surface area contributed by atoms with Crippen LogP contribution >= 0.6 is 0 Å². The molecule has 0 unspecified atom stereocenters. The quantitative estimate of drug-likeness (QED) is 0.697. The number of anilines is 1. The predicted octanol–water partition coefficient (Wildman–Crippen LogP) is 4.27. The van der Waals surface area contributed by atoms with Crippen molar-refractivity contribution in [3.8, 4) is 11.5 Å². The number of hydrogen-bond acceptors (Lipinski definition) is 4. The van der Waals surface area contributed by atoms with Gasteiger partial charge < -0.3 is 14.4 Å². The van der Waals surface area contributed by atoms with E-state index < -0.39 is 0 Å². The van der Waals surface area contributed by atoms with Crippen molar-refractivity contribution in [2.24, 2.45) is 0 Å². The Bertz CT molecular complexity index is 966. The minimum absolute atomic E-state index is 0.0952. The third-order valence-corrected chi connectivity index (χ3v) is 4.45. The fourth-order valence-corrected chi connectivity index (χ4v) is 3.25. The number of fused-ring (bicyclic) bond motifs is 1. The van der Waals surface area contributed by atoms with E-state index in [0.29, 0.717) is 23.6 Å². The summed E-state index contributed by atoms with van der Waals surface area (Å²) in [7, 11) is 0. The number of carbonyl (C=O) groups is 1. The molecule has 5 heteroatoms. The van der Waals surface area contributed by atoms with Crippen LogP contribution in [0.1, 0.15) is 27.0 Å². The number of amides is 1. The number of benzene rings is 2. The lowest BCUT2D eigenvalue weighted by molar-refractivity contribution is 0.0984. The molecule has 0 saturated heterocycles. The van der Waals surface area contributed by atoms with Gasteiger partial charge in [0.15, 0.2) is 11.5 Å². The number of aryl methyl sites for hydroxylation is 2. The lowest BCUT2D eigenvalue weighted by Gasteiger charge is -2.24. The van der Waals surface area contributed by atoms with Gasteiger partial charge in [-0.15, -0.1) is 0 Å². The number of aromatic nitrogens is 1. The number of ether oxygens (including phenoxy) is 2. The molecule has 0 saturated carbocycles. The molecule has 2 aromatic carbocycles. The zero-order valence-corrected chi connectivity index (χ0v) is 15.3. The Morgan fingerprint density at radius 3 is 2.56 bits per heavy atom. The van der Waals surface area contributed by atoms with E-state index in [1.54, 1.807) is 35.5 Å². The molecule has 0 fully saturated rings. The molecule has 3 aromatic rings. The van der Waals surface area contributed by atoms with Crippen molar-refractivity contribution in [2.75, 3.05) is 11.7 Å². The molecule has 136 valence electrons. The maximum atomic E-state index is 13.4. The average Bonchev–Trinajstić information content (AvgIpc) is 3.13. The molecule has 0 N–H and O–H groups in total. The highest BCUT2D eigenvalue weighted by atomic mass is 16.7. The number of pyridine rings is 1. The third-order valence-electron chi connectivity index (χ3n) is 4.45. The minimum atomic E-state index is -0.0952. The van der Waals surface area contributed by atoms with Crippen LogP contribution in [0.3, 0.4) is 0 Å². The number of nitrogens with zero attached hydrogens (tertiary/aromatic N) is 2. The number of hydrogen-bond donors (Lipinski definition) is 0. The van der Waals surface area contributed by atoms with Gasteiger partial charge in [-0.25, -0.2) is 0 Å². The van der Waals surface area contributed by atoms with Crippen molar-refractivity contribution in [3.63, 3.8) is 0 Å². The molecular weight excluding hydrogens is 340 g/mol. The van der Waals surface area contributed by atoms with Crippen molar-refractivity contribution in [1.29, 1.82) is 0 Å². The lowest BCUT2D eigenvalue weighted by atomic mass is 10.1. The van der Waals surface area contributed by atoms with E-state index >= 15 is 0 Å². The van der Waals surface area contributed by atoms with E-state index in [9.17, 15) is 4.79 Å². The molecule has 5 nitrogen and oxygen atoms in total. The van der Waals surface area contributed by atoms with Crippen LogP contribution < -0.4 is 14.4 Å². The van der Waals surface area contributed by atoms with E-state index in [4.69, 9.17) is 9.47 Å². The maximum absolute atomic E-state index is 13.4. The van der Waals surface area contributed by atoms with Crippen LogP contribution in [0, 0.1) is 13.8 Å². The summed E-state index contributed by atoms with van der Waals surface area (Å²) in [6.45, 7) is 4.68. The Morgan fingerprint density at radius 1 is 1.04 bits per heavy atom. The summed E-state index contributed by atoms with van der Waals surface area (Å²) in [6, 6.07) is 15.3. The Kier molecular flexibility index (Phi) is 4.50. The van der Waals surface area contributed by atoms with E-state index in [0.717, 1.165) is 22.4 Å². The van der Waals surface area contributed by atoms with Gasteiger partial charge in [0.2, 0.25) is 6.79 Å². The summed E-state index contributed by atoms with van der Waals surface area (Å²) in [6.07, 6.45) is 3.51. The molecule has 1 aromatic heterocycles. The summed E-state index contributed by atoms with van der Waals surface area (Å²) < 4.78 is 10.8. The Hall–Kier alpha value is -3.34. The van der Waals surface area contributed by atoms with Crippen LogP contribution in [-0.2, 0) is 6.54 Å².